The van der Waals surface area contributed by atoms with E-state index in [1.54, 1.807) is 28.3 Å². The maximum Gasteiger partial charge on any atom is 0.355 e. The van der Waals surface area contributed by atoms with Gasteiger partial charge in [-0.15, -0.1) is 0 Å². The SMILES string of the molecule is COc1ccc(COC(=O)c2[nH]c3c(c2C)C(=O)CC(c2ccc(OC)c(OC)c2)C3)cc1. The van der Waals surface area contributed by atoms with Crippen molar-refractivity contribution in [3.63, 3.8) is 0 Å². The highest BCUT2D eigenvalue weighted by Gasteiger charge is 2.32. The van der Waals surface area contributed by atoms with E-state index in [2.05, 4.69) is 4.98 Å². The highest BCUT2D eigenvalue weighted by atomic mass is 16.5. The monoisotopic (exact) mass is 449 g/mol. The molecule has 1 heterocycles. The number of carbonyl (C=O) groups excluding carboxylic acids is 2. The molecule has 0 fully saturated rings. The van der Waals surface area contributed by atoms with Gasteiger partial charge in [0, 0.05) is 17.7 Å². The molecule has 33 heavy (non-hydrogen) atoms. The summed E-state index contributed by atoms with van der Waals surface area (Å²) in [6, 6.07) is 13.0. The second-order valence-electron chi connectivity index (χ2n) is 8.05. The van der Waals surface area contributed by atoms with Gasteiger partial charge in [0.2, 0.25) is 0 Å². The Balaban J connectivity index is 1.52. The first-order chi connectivity index (χ1) is 15.9. The lowest BCUT2D eigenvalue weighted by molar-refractivity contribution is 0.0465. The Morgan fingerprint density at radius 3 is 2.36 bits per heavy atom. The maximum absolute atomic E-state index is 13.0. The number of fused-ring (bicyclic) bond motifs is 1. The minimum absolute atomic E-state index is 0.0130. The van der Waals surface area contributed by atoms with Crippen molar-refractivity contribution in [2.75, 3.05) is 21.3 Å². The molecular formula is C26H27NO6. The van der Waals surface area contributed by atoms with Gasteiger partial charge in [-0.05, 0) is 60.2 Å². The van der Waals surface area contributed by atoms with Crippen LogP contribution in [0.5, 0.6) is 17.2 Å². The first-order valence-corrected chi connectivity index (χ1v) is 10.7. The van der Waals surface area contributed by atoms with Crippen LogP contribution < -0.4 is 14.2 Å². The number of H-pyrrole nitrogens is 1. The van der Waals surface area contributed by atoms with Crippen LogP contribution in [0.1, 0.15) is 55.6 Å². The van der Waals surface area contributed by atoms with E-state index < -0.39 is 5.97 Å². The van der Waals surface area contributed by atoms with E-state index in [9.17, 15) is 9.59 Å². The number of hydrogen-bond donors (Lipinski definition) is 1. The second-order valence-corrected chi connectivity index (χ2v) is 8.05. The Morgan fingerprint density at radius 2 is 1.70 bits per heavy atom. The van der Waals surface area contributed by atoms with Crippen molar-refractivity contribution < 1.29 is 28.5 Å². The van der Waals surface area contributed by atoms with Crippen molar-refractivity contribution in [3.05, 3.63) is 76.1 Å². The fraction of sp³-hybridized carbons (Fsp3) is 0.308. The number of Topliss-reactive ketones (excluding diaryl/α,β-unsaturated/α-hetero) is 1. The number of carbonyl (C=O) groups is 2. The predicted molar refractivity (Wildman–Crippen MR) is 123 cm³/mol. The maximum atomic E-state index is 13.0. The van der Waals surface area contributed by atoms with Crippen molar-refractivity contribution in [2.24, 2.45) is 0 Å². The number of esters is 1. The van der Waals surface area contributed by atoms with E-state index in [0.717, 1.165) is 22.6 Å². The third kappa shape index (κ3) is 4.44. The van der Waals surface area contributed by atoms with Crippen LogP contribution in [-0.4, -0.2) is 38.1 Å². The van der Waals surface area contributed by atoms with E-state index in [1.165, 1.54) is 0 Å². The zero-order chi connectivity index (χ0) is 23.5. The van der Waals surface area contributed by atoms with E-state index in [0.29, 0.717) is 41.2 Å². The van der Waals surface area contributed by atoms with Gasteiger partial charge in [0.25, 0.3) is 0 Å². The summed E-state index contributed by atoms with van der Waals surface area (Å²) in [6.07, 6.45) is 0.977. The van der Waals surface area contributed by atoms with Gasteiger partial charge >= 0.3 is 5.97 Å². The minimum atomic E-state index is -0.479. The summed E-state index contributed by atoms with van der Waals surface area (Å²) in [7, 11) is 4.77. The van der Waals surface area contributed by atoms with Crippen molar-refractivity contribution in [3.8, 4) is 17.2 Å². The average molecular weight is 450 g/mol. The summed E-state index contributed by atoms with van der Waals surface area (Å²) in [5, 5.41) is 0. The highest BCUT2D eigenvalue weighted by molar-refractivity contribution is 6.03. The number of benzene rings is 2. The van der Waals surface area contributed by atoms with Crippen LogP contribution in [-0.2, 0) is 17.8 Å². The zero-order valence-corrected chi connectivity index (χ0v) is 19.2. The van der Waals surface area contributed by atoms with Crippen molar-refractivity contribution >= 4 is 11.8 Å². The van der Waals surface area contributed by atoms with Crippen molar-refractivity contribution in [2.45, 2.75) is 32.3 Å². The molecule has 0 spiro atoms. The van der Waals surface area contributed by atoms with Crippen LogP contribution in [0.25, 0.3) is 0 Å². The summed E-state index contributed by atoms with van der Waals surface area (Å²) in [5.41, 5.74) is 4.17. The normalized spacial score (nSPS) is 15.0. The molecule has 0 saturated heterocycles. The number of aromatic amines is 1. The predicted octanol–water partition coefficient (Wildman–Crippen LogP) is 4.62. The molecule has 0 amide bonds. The molecule has 1 unspecified atom stereocenters. The molecule has 2 aromatic carbocycles. The second kappa shape index (κ2) is 9.40. The molecule has 0 bridgehead atoms. The van der Waals surface area contributed by atoms with Gasteiger partial charge in [0.1, 0.15) is 18.1 Å². The summed E-state index contributed by atoms with van der Waals surface area (Å²) in [4.78, 5) is 28.9. The molecule has 4 rings (SSSR count). The highest BCUT2D eigenvalue weighted by Crippen LogP contribution is 2.38. The van der Waals surface area contributed by atoms with Gasteiger partial charge in [-0.1, -0.05) is 18.2 Å². The molecule has 7 heteroatoms. The van der Waals surface area contributed by atoms with Crippen LogP contribution in [0.2, 0.25) is 0 Å². The van der Waals surface area contributed by atoms with Crippen LogP contribution in [0.3, 0.4) is 0 Å². The van der Waals surface area contributed by atoms with Gasteiger partial charge in [0.05, 0.1) is 21.3 Å². The molecule has 0 saturated carbocycles. The van der Waals surface area contributed by atoms with Gasteiger partial charge in [-0.3, -0.25) is 4.79 Å². The van der Waals surface area contributed by atoms with Gasteiger partial charge in [0.15, 0.2) is 17.3 Å². The third-order valence-corrected chi connectivity index (χ3v) is 6.10. The molecule has 0 aliphatic heterocycles. The number of hydrogen-bond acceptors (Lipinski definition) is 6. The van der Waals surface area contributed by atoms with Gasteiger partial charge in [-0.2, -0.15) is 0 Å². The number of rotatable bonds is 7. The summed E-state index contributed by atoms with van der Waals surface area (Å²) >= 11 is 0. The molecule has 1 atom stereocenters. The Hall–Kier alpha value is -3.74. The fourth-order valence-corrected chi connectivity index (χ4v) is 4.32. The third-order valence-electron chi connectivity index (χ3n) is 6.10. The lowest BCUT2D eigenvalue weighted by Crippen LogP contribution is -2.18. The quantitative estimate of drug-likeness (QED) is 0.530. The number of nitrogens with one attached hydrogen (secondary N) is 1. The molecule has 0 radical (unpaired) electrons. The Morgan fingerprint density at radius 1 is 0.970 bits per heavy atom. The van der Waals surface area contributed by atoms with Crippen LogP contribution >= 0.6 is 0 Å². The number of methoxy groups -OCH3 is 3. The standard InChI is InChI=1S/C26H27NO6/c1-15-24-20(27-25(15)26(29)33-14-16-5-8-19(30-2)9-6-16)11-18(12-21(24)28)17-7-10-22(31-3)23(13-17)32-4/h5-10,13,18,27H,11-12,14H2,1-4H3. The zero-order valence-electron chi connectivity index (χ0n) is 19.2. The largest absolute Gasteiger partial charge is 0.497 e. The topological polar surface area (TPSA) is 86.9 Å². The lowest BCUT2D eigenvalue weighted by Gasteiger charge is -2.23. The minimum Gasteiger partial charge on any atom is -0.497 e. The molecule has 1 aliphatic carbocycles. The van der Waals surface area contributed by atoms with Crippen LogP contribution in [0.15, 0.2) is 42.5 Å². The summed E-state index contributed by atoms with van der Waals surface area (Å²) in [6.45, 7) is 1.92. The number of ether oxygens (including phenoxy) is 4. The number of aromatic nitrogens is 1. The lowest BCUT2D eigenvalue weighted by atomic mass is 9.81. The molecule has 7 nitrogen and oxygen atoms in total. The molecule has 1 aliphatic rings. The first-order valence-electron chi connectivity index (χ1n) is 10.7. The smallest absolute Gasteiger partial charge is 0.355 e. The summed E-state index contributed by atoms with van der Waals surface area (Å²) in [5.74, 6) is 1.51. The van der Waals surface area contributed by atoms with Crippen molar-refractivity contribution in [1.29, 1.82) is 0 Å². The Kier molecular flexibility index (Phi) is 6.40. The van der Waals surface area contributed by atoms with E-state index in [1.807, 2.05) is 42.5 Å². The molecular weight excluding hydrogens is 422 g/mol. The molecule has 1 N–H and O–H groups in total. The van der Waals surface area contributed by atoms with Crippen molar-refractivity contribution in [1.82, 2.24) is 4.98 Å². The van der Waals surface area contributed by atoms with Crippen LogP contribution in [0, 0.1) is 6.92 Å². The van der Waals surface area contributed by atoms with Gasteiger partial charge < -0.3 is 23.9 Å². The molecule has 172 valence electrons. The average Bonchev–Trinajstić information content (AvgIpc) is 3.19. The molecule has 3 aromatic rings. The Labute approximate surface area is 192 Å². The van der Waals surface area contributed by atoms with E-state index >= 15 is 0 Å². The van der Waals surface area contributed by atoms with Crippen LogP contribution in [0.4, 0.5) is 0 Å². The molecule has 1 aromatic heterocycles. The first kappa shape index (κ1) is 22.5. The fourth-order valence-electron chi connectivity index (χ4n) is 4.32. The number of ketones is 1. The summed E-state index contributed by atoms with van der Waals surface area (Å²) < 4.78 is 21.4. The van der Waals surface area contributed by atoms with E-state index in [-0.39, 0.29) is 18.3 Å². The Bertz CT molecular complexity index is 1180. The van der Waals surface area contributed by atoms with Gasteiger partial charge in [-0.25, -0.2) is 4.79 Å². The van der Waals surface area contributed by atoms with E-state index in [4.69, 9.17) is 18.9 Å².